The van der Waals surface area contributed by atoms with E-state index >= 15 is 0 Å². The van der Waals surface area contributed by atoms with Gasteiger partial charge in [-0.2, -0.15) is 18.3 Å². The Morgan fingerprint density at radius 1 is 1.25 bits per heavy atom. The van der Waals surface area contributed by atoms with Crippen molar-refractivity contribution in [1.82, 2.24) is 14.7 Å². The number of β-amino-alcohol motifs (C(OH)–C–C–N with tert-alkyl or cyclic N) is 1. The maximum absolute atomic E-state index is 13.0. The van der Waals surface area contributed by atoms with Crippen molar-refractivity contribution in [3.63, 3.8) is 0 Å². The highest BCUT2D eigenvalue weighted by molar-refractivity contribution is 5.31. The topological polar surface area (TPSA) is 41.3 Å². The molecule has 0 aliphatic carbocycles. The van der Waals surface area contributed by atoms with Crippen LogP contribution in [0, 0.1) is 13.8 Å². The fourth-order valence-corrected chi connectivity index (χ4v) is 3.25. The Morgan fingerprint density at radius 3 is 2.50 bits per heavy atom. The molecule has 0 amide bonds. The van der Waals surface area contributed by atoms with Crippen molar-refractivity contribution in [2.24, 2.45) is 0 Å². The van der Waals surface area contributed by atoms with Crippen molar-refractivity contribution in [2.75, 3.05) is 19.6 Å². The molecule has 1 fully saturated rings. The van der Waals surface area contributed by atoms with Gasteiger partial charge in [0, 0.05) is 25.3 Å². The second-order valence-electron chi connectivity index (χ2n) is 6.34. The third-order valence-corrected chi connectivity index (χ3v) is 4.38. The van der Waals surface area contributed by atoms with Crippen LogP contribution >= 0.6 is 0 Å². The van der Waals surface area contributed by atoms with Gasteiger partial charge in [-0.25, -0.2) is 0 Å². The van der Waals surface area contributed by atoms with Gasteiger partial charge in [0.1, 0.15) is 0 Å². The molecule has 1 saturated heterocycles. The lowest BCUT2D eigenvalue weighted by molar-refractivity contribution is -0.139. The molecule has 2 aromatic rings. The molecule has 0 radical (unpaired) electrons. The SMILES string of the molecule is Cc1cc(C)n(C2CN(C[C@H](O)c3ccccc3C(F)(F)F)C2)n1. The molecule has 1 N–H and O–H groups in total. The summed E-state index contributed by atoms with van der Waals surface area (Å²) < 4.78 is 41.1. The fraction of sp³-hybridized carbons (Fsp3) is 0.471. The molecule has 0 bridgehead atoms. The number of aliphatic hydroxyl groups is 1. The smallest absolute Gasteiger partial charge is 0.387 e. The van der Waals surface area contributed by atoms with Crippen LogP contribution in [0.2, 0.25) is 0 Å². The van der Waals surface area contributed by atoms with Crippen molar-refractivity contribution in [1.29, 1.82) is 0 Å². The minimum absolute atomic E-state index is 0.0698. The van der Waals surface area contributed by atoms with Gasteiger partial charge in [-0.1, -0.05) is 18.2 Å². The Balaban J connectivity index is 1.64. The summed E-state index contributed by atoms with van der Waals surface area (Å²) in [5.74, 6) is 0. The zero-order valence-corrected chi connectivity index (χ0v) is 13.6. The van der Waals surface area contributed by atoms with E-state index in [1.807, 2.05) is 29.5 Å². The zero-order chi connectivity index (χ0) is 17.5. The summed E-state index contributed by atoms with van der Waals surface area (Å²) in [6.45, 7) is 5.44. The summed E-state index contributed by atoms with van der Waals surface area (Å²) in [4.78, 5) is 1.94. The number of benzene rings is 1. The number of aryl methyl sites for hydroxylation is 2. The second-order valence-corrected chi connectivity index (χ2v) is 6.34. The number of rotatable bonds is 4. The van der Waals surface area contributed by atoms with Gasteiger partial charge in [0.05, 0.1) is 23.4 Å². The molecule has 1 aliphatic rings. The number of nitrogens with zero attached hydrogens (tertiary/aromatic N) is 3. The lowest BCUT2D eigenvalue weighted by atomic mass is 9.99. The number of alkyl halides is 3. The largest absolute Gasteiger partial charge is 0.416 e. The average Bonchev–Trinajstić information content (AvgIpc) is 2.79. The fourth-order valence-electron chi connectivity index (χ4n) is 3.25. The van der Waals surface area contributed by atoms with Crippen LogP contribution in [0.5, 0.6) is 0 Å². The number of aliphatic hydroxyl groups excluding tert-OH is 1. The molecule has 7 heteroatoms. The van der Waals surface area contributed by atoms with E-state index in [9.17, 15) is 18.3 Å². The van der Waals surface area contributed by atoms with Gasteiger partial charge < -0.3 is 5.11 Å². The molecule has 1 aromatic heterocycles. The predicted octanol–water partition coefficient (Wildman–Crippen LogP) is 3.11. The number of hydrogen-bond acceptors (Lipinski definition) is 3. The molecule has 0 spiro atoms. The Kier molecular flexibility index (Phi) is 4.40. The predicted molar refractivity (Wildman–Crippen MR) is 83.6 cm³/mol. The van der Waals surface area contributed by atoms with E-state index in [4.69, 9.17) is 0 Å². The zero-order valence-electron chi connectivity index (χ0n) is 13.6. The summed E-state index contributed by atoms with van der Waals surface area (Å²) in [7, 11) is 0. The first-order valence-corrected chi connectivity index (χ1v) is 7.85. The van der Waals surface area contributed by atoms with Crippen LogP contribution in [0.4, 0.5) is 13.2 Å². The third-order valence-electron chi connectivity index (χ3n) is 4.38. The van der Waals surface area contributed by atoms with Gasteiger partial charge in [0.25, 0.3) is 0 Å². The maximum Gasteiger partial charge on any atom is 0.416 e. The van der Waals surface area contributed by atoms with Crippen LogP contribution in [0.15, 0.2) is 30.3 Å². The Morgan fingerprint density at radius 2 is 1.92 bits per heavy atom. The van der Waals surface area contributed by atoms with Gasteiger partial charge in [-0.3, -0.25) is 9.58 Å². The molecule has 1 aliphatic heterocycles. The molecule has 1 atom stereocenters. The summed E-state index contributed by atoms with van der Waals surface area (Å²) in [6, 6.07) is 7.41. The molecular weight excluding hydrogens is 319 g/mol. The van der Waals surface area contributed by atoms with Crippen molar-refractivity contribution in [2.45, 2.75) is 32.2 Å². The molecule has 130 valence electrons. The van der Waals surface area contributed by atoms with Gasteiger partial charge in [0.15, 0.2) is 0 Å². The van der Waals surface area contributed by atoms with Crippen LogP contribution in [0.3, 0.4) is 0 Å². The summed E-state index contributed by atoms with van der Waals surface area (Å²) in [5, 5.41) is 14.7. The molecule has 24 heavy (non-hydrogen) atoms. The number of likely N-dealkylation sites (tertiary alicyclic amines) is 1. The van der Waals surface area contributed by atoms with E-state index in [1.54, 1.807) is 0 Å². The Labute approximate surface area is 138 Å². The van der Waals surface area contributed by atoms with Crippen molar-refractivity contribution < 1.29 is 18.3 Å². The number of aromatic nitrogens is 2. The first kappa shape index (κ1) is 17.0. The first-order chi connectivity index (χ1) is 11.3. The Hall–Kier alpha value is -1.86. The average molecular weight is 339 g/mol. The maximum atomic E-state index is 13.0. The van der Waals surface area contributed by atoms with Gasteiger partial charge in [0.2, 0.25) is 0 Å². The van der Waals surface area contributed by atoms with E-state index in [2.05, 4.69) is 5.10 Å². The van der Waals surface area contributed by atoms with Crippen LogP contribution in [-0.4, -0.2) is 39.4 Å². The highest BCUT2D eigenvalue weighted by Crippen LogP contribution is 2.35. The molecule has 0 unspecified atom stereocenters. The monoisotopic (exact) mass is 339 g/mol. The number of halogens is 3. The molecular formula is C17H20F3N3O. The molecule has 2 heterocycles. The van der Waals surface area contributed by atoms with E-state index in [-0.39, 0.29) is 18.2 Å². The van der Waals surface area contributed by atoms with Crippen LogP contribution in [0.1, 0.15) is 34.7 Å². The van der Waals surface area contributed by atoms with Crippen molar-refractivity contribution >= 4 is 0 Å². The first-order valence-electron chi connectivity index (χ1n) is 7.85. The van der Waals surface area contributed by atoms with E-state index in [0.717, 1.165) is 17.5 Å². The third kappa shape index (κ3) is 3.32. The summed E-state index contributed by atoms with van der Waals surface area (Å²) in [5.41, 5.74) is 1.18. The highest BCUT2D eigenvalue weighted by atomic mass is 19.4. The van der Waals surface area contributed by atoms with Crippen molar-refractivity contribution in [3.05, 3.63) is 52.8 Å². The Bertz CT molecular complexity index is 720. The van der Waals surface area contributed by atoms with E-state index in [0.29, 0.717) is 13.1 Å². The molecule has 3 rings (SSSR count). The lowest BCUT2D eigenvalue weighted by Crippen LogP contribution is -2.49. The van der Waals surface area contributed by atoms with Crippen molar-refractivity contribution in [3.8, 4) is 0 Å². The summed E-state index contributed by atoms with van der Waals surface area (Å²) in [6.07, 6.45) is -5.62. The minimum atomic E-state index is -4.46. The molecule has 0 saturated carbocycles. The van der Waals surface area contributed by atoms with E-state index < -0.39 is 17.8 Å². The quantitative estimate of drug-likeness (QED) is 0.931. The summed E-state index contributed by atoms with van der Waals surface area (Å²) >= 11 is 0. The van der Waals surface area contributed by atoms with Gasteiger partial charge in [-0.05, 0) is 31.5 Å². The van der Waals surface area contributed by atoms with Gasteiger partial charge in [-0.15, -0.1) is 0 Å². The normalized spacial score (nSPS) is 17.8. The molecule has 4 nitrogen and oxygen atoms in total. The van der Waals surface area contributed by atoms with Gasteiger partial charge >= 0.3 is 6.18 Å². The second kappa shape index (κ2) is 6.22. The van der Waals surface area contributed by atoms with Crippen LogP contribution in [0.25, 0.3) is 0 Å². The van der Waals surface area contributed by atoms with E-state index in [1.165, 1.54) is 18.2 Å². The lowest BCUT2D eigenvalue weighted by Gasteiger charge is -2.41. The molecule has 1 aromatic carbocycles. The highest BCUT2D eigenvalue weighted by Gasteiger charge is 2.36. The minimum Gasteiger partial charge on any atom is -0.387 e. The standard InChI is InChI=1S/C17H20F3N3O/c1-11-7-12(2)23(21-11)13-8-22(9-13)10-16(24)14-5-3-4-6-15(14)17(18,19)20/h3-7,13,16,24H,8-10H2,1-2H3/t16-/m0/s1. The number of hydrogen-bond donors (Lipinski definition) is 1. The van der Waals surface area contributed by atoms with Crippen LogP contribution < -0.4 is 0 Å². The van der Waals surface area contributed by atoms with Crippen LogP contribution in [-0.2, 0) is 6.18 Å².